The van der Waals surface area contributed by atoms with E-state index in [-0.39, 0.29) is 18.4 Å². The normalized spacial score (nSPS) is 14.8. The summed E-state index contributed by atoms with van der Waals surface area (Å²) in [5, 5.41) is 4.50. The second kappa shape index (κ2) is 14.5. The summed E-state index contributed by atoms with van der Waals surface area (Å²) >= 11 is 15.6. The van der Waals surface area contributed by atoms with Gasteiger partial charge >= 0.3 is 0 Å². The van der Waals surface area contributed by atoms with Gasteiger partial charge < -0.3 is 14.8 Å². The zero-order valence-electron chi connectivity index (χ0n) is 23.6. The zero-order valence-corrected chi connectivity index (χ0v) is 28.1. The molecule has 1 saturated heterocycles. The van der Waals surface area contributed by atoms with Gasteiger partial charge in [-0.1, -0.05) is 35.3 Å². The van der Waals surface area contributed by atoms with E-state index in [0.29, 0.717) is 55.3 Å². The number of amidine groups is 1. The van der Waals surface area contributed by atoms with E-state index in [9.17, 15) is 9.59 Å². The van der Waals surface area contributed by atoms with Crippen molar-refractivity contribution in [3.05, 3.63) is 115 Å². The molecule has 2 amide bonds. The summed E-state index contributed by atoms with van der Waals surface area (Å²) in [7, 11) is 0. The molecule has 4 aromatic carbocycles. The number of halogens is 3. The second-order valence-electron chi connectivity index (χ2n) is 9.57. The molecule has 11 heteroatoms. The van der Waals surface area contributed by atoms with Crippen LogP contribution in [0.25, 0.3) is 6.08 Å². The number of nitrogens with one attached hydrogen (secondary N) is 1. The number of carbonyl (C=O) groups is 2. The van der Waals surface area contributed by atoms with Crippen LogP contribution in [0.15, 0.2) is 94.8 Å². The van der Waals surface area contributed by atoms with Crippen LogP contribution in [0.3, 0.4) is 0 Å². The third kappa shape index (κ3) is 7.95. The van der Waals surface area contributed by atoms with Crippen LogP contribution >= 0.6 is 57.6 Å². The number of carbonyl (C=O) groups excluding carboxylic acids is 2. The molecule has 0 aliphatic carbocycles. The molecule has 0 bridgehead atoms. The van der Waals surface area contributed by atoms with Gasteiger partial charge in [0.1, 0.15) is 0 Å². The van der Waals surface area contributed by atoms with E-state index in [0.717, 1.165) is 14.7 Å². The van der Waals surface area contributed by atoms with E-state index in [1.165, 1.54) is 11.8 Å². The zero-order chi connectivity index (χ0) is 31.2. The van der Waals surface area contributed by atoms with Gasteiger partial charge in [0.2, 0.25) is 0 Å². The van der Waals surface area contributed by atoms with Crippen LogP contribution in [0.2, 0.25) is 10.0 Å². The van der Waals surface area contributed by atoms with Gasteiger partial charge in [-0.15, -0.1) is 0 Å². The fraction of sp³-hybridized carbons (Fsp3) is 0.121. The van der Waals surface area contributed by atoms with Crippen molar-refractivity contribution >= 4 is 97.7 Å². The summed E-state index contributed by atoms with van der Waals surface area (Å²) in [6.07, 6.45) is 1.79. The summed E-state index contributed by atoms with van der Waals surface area (Å²) < 4.78 is 12.5. The van der Waals surface area contributed by atoms with Gasteiger partial charge in [0.25, 0.3) is 11.8 Å². The van der Waals surface area contributed by atoms with Gasteiger partial charge in [-0.2, -0.15) is 0 Å². The number of thioether (sulfide) groups is 1. The van der Waals surface area contributed by atoms with Gasteiger partial charge in [0, 0.05) is 15.7 Å². The topological polar surface area (TPSA) is 80.2 Å². The molecule has 0 unspecified atom stereocenters. The fourth-order valence-electron chi connectivity index (χ4n) is 4.28. The van der Waals surface area contributed by atoms with E-state index in [1.54, 1.807) is 65.6 Å². The molecule has 1 heterocycles. The smallest absolute Gasteiger partial charge is 0.271 e. The van der Waals surface area contributed by atoms with Crippen molar-refractivity contribution in [1.29, 1.82) is 0 Å². The average molecular weight is 758 g/mol. The van der Waals surface area contributed by atoms with Crippen LogP contribution in [0.5, 0.6) is 11.5 Å². The number of rotatable bonds is 9. The minimum atomic E-state index is -0.289. The first-order chi connectivity index (χ1) is 21.2. The summed E-state index contributed by atoms with van der Waals surface area (Å²) in [6.45, 7) is 4.02. The Bertz CT molecular complexity index is 1760. The van der Waals surface area contributed by atoms with Crippen molar-refractivity contribution in [2.75, 3.05) is 23.4 Å². The number of benzene rings is 4. The van der Waals surface area contributed by atoms with Gasteiger partial charge in [-0.05, 0) is 138 Å². The van der Waals surface area contributed by atoms with Crippen LogP contribution in [0.1, 0.15) is 18.1 Å². The van der Waals surface area contributed by atoms with Crippen molar-refractivity contribution in [1.82, 2.24) is 0 Å². The standard InChI is InChI=1S/C33H26Cl2IN3O4S/c1-3-42-28-17-21(16-27(36)31(28)43-19-30(40)37-25-6-4-5-20(2)15-25)18-29-32(41)39(26-13-9-23(35)10-14-26)33(44-29)38-24-11-7-22(34)8-12-24/h4-18H,3,19H2,1-2H3,(H,37,40)/b29-18-,38-33?. The number of anilines is 2. The molecule has 5 rings (SSSR count). The van der Waals surface area contributed by atoms with Crippen molar-refractivity contribution in [3.63, 3.8) is 0 Å². The van der Waals surface area contributed by atoms with Crippen molar-refractivity contribution in [3.8, 4) is 11.5 Å². The van der Waals surface area contributed by atoms with E-state index in [1.807, 2.05) is 44.2 Å². The number of aryl methyl sites for hydroxylation is 1. The Balaban J connectivity index is 1.42. The molecule has 7 nitrogen and oxygen atoms in total. The molecular weight excluding hydrogens is 732 g/mol. The van der Waals surface area contributed by atoms with Crippen LogP contribution < -0.4 is 19.7 Å². The molecule has 0 aromatic heterocycles. The maximum atomic E-state index is 13.8. The van der Waals surface area contributed by atoms with E-state index >= 15 is 0 Å². The predicted octanol–water partition coefficient (Wildman–Crippen LogP) is 9.13. The van der Waals surface area contributed by atoms with E-state index in [2.05, 4.69) is 27.9 Å². The van der Waals surface area contributed by atoms with Crippen LogP contribution in [-0.4, -0.2) is 30.2 Å². The number of hydrogen-bond acceptors (Lipinski definition) is 6. The number of ether oxygens (including phenoxy) is 2. The Morgan fingerprint density at radius 3 is 2.39 bits per heavy atom. The molecule has 0 atom stereocenters. The van der Waals surface area contributed by atoms with E-state index < -0.39 is 0 Å². The van der Waals surface area contributed by atoms with Crippen molar-refractivity contribution in [2.24, 2.45) is 4.99 Å². The molecule has 1 fully saturated rings. The highest BCUT2D eigenvalue weighted by atomic mass is 127. The van der Waals surface area contributed by atoms with Crippen LogP contribution in [-0.2, 0) is 9.59 Å². The lowest BCUT2D eigenvalue weighted by molar-refractivity contribution is -0.118. The third-order valence-corrected chi connectivity index (χ3v) is 8.50. The number of amides is 2. The van der Waals surface area contributed by atoms with Gasteiger partial charge in [-0.3, -0.25) is 14.5 Å². The molecule has 1 aliphatic heterocycles. The molecule has 4 aromatic rings. The number of nitrogens with zero attached hydrogens (tertiary/aromatic N) is 2. The summed E-state index contributed by atoms with van der Waals surface area (Å²) in [5.74, 6) is 0.399. The first kappa shape index (κ1) is 31.9. The Kier molecular flexibility index (Phi) is 10.5. The lowest BCUT2D eigenvalue weighted by atomic mass is 10.1. The molecule has 0 spiro atoms. The minimum Gasteiger partial charge on any atom is -0.490 e. The number of aliphatic imine (C=N–C) groups is 1. The van der Waals surface area contributed by atoms with Crippen molar-refractivity contribution < 1.29 is 19.1 Å². The molecule has 44 heavy (non-hydrogen) atoms. The summed E-state index contributed by atoms with van der Waals surface area (Å²) in [4.78, 5) is 33.1. The molecule has 0 saturated carbocycles. The summed E-state index contributed by atoms with van der Waals surface area (Å²) in [5.41, 5.74) is 3.77. The van der Waals surface area contributed by atoms with Crippen LogP contribution in [0.4, 0.5) is 17.1 Å². The van der Waals surface area contributed by atoms with Gasteiger partial charge in [0.15, 0.2) is 23.3 Å². The quantitative estimate of drug-likeness (QED) is 0.136. The SMILES string of the molecule is CCOc1cc(/C=C2\SC(=Nc3ccc(Cl)cc3)N(c3ccc(Cl)cc3)C2=O)cc(I)c1OCC(=O)Nc1cccc(C)c1. The molecular formula is C33H26Cl2IN3O4S. The largest absolute Gasteiger partial charge is 0.490 e. The van der Waals surface area contributed by atoms with Gasteiger partial charge in [0.05, 0.1) is 26.5 Å². The Morgan fingerprint density at radius 1 is 1.00 bits per heavy atom. The lowest BCUT2D eigenvalue weighted by Gasteiger charge is -2.16. The number of hydrogen-bond donors (Lipinski definition) is 1. The molecule has 224 valence electrons. The average Bonchev–Trinajstić information content (AvgIpc) is 3.28. The summed E-state index contributed by atoms with van der Waals surface area (Å²) in [6, 6.07) is 25.3. The molecule has 1 aliphatic rings. The molecule has 0 radical (unpaired) electrons. The monoisotopic (exact) mass is 757 g/mol. The first-order valence-corrected chi connectivity index (χ1v) is 16.1. The predicted molar refractivity (Wildman–Crippen MR) is 189 cm³/mol. The van der Waals surface area contributed by atoms with E-state index in [4.69, 9.17) is 37.7 Å². The van der Waals surface area contributed by atoms with Crippen molar-refractivity contribution in [2.45, 2.75) is 13.8 Å². The molecule has 1 N–H and O–H groups in total. The lowest BCUT2D eigenvalue weighted by Crippen LogP contribution is -2.28. The third-order valence-electron chi connectivity index (χ3n) is 6.22. The van der Waals surface area contributed by atoms with Crippen LogP contribution in [0, 0.1) is 10.5 Å². The highest BCUT2D eigenvalue weighted by molar-refractivity contribution is 14.1. The Morgan fingerprint density at radius 2 is 1.70 bits per heavy atom. The second-order valence-corrected chi connectivity index (χ2v) is 12.6. The fourth-order valence-corrected chi connectivity index (χ4v) is 6.31. The Labute approximate surface area is 283 Å². The Hall–Kier alpha value is -3.51. The minimum absolute atomic E-state index is 0.195. The first-order valence-electron chi connectivity index (χ1n) is 13.5. The highest BCUT2D eigenvalue weighted by Crippen LogP contribution is 2.40. The maximum Gasteiger partial charge on any atom is 0.271 e. The van der Waals surface area contributed by atoms with Gasteiger partial charge in [-0.25, -0.2) is 4.99 Å². The highest BCUT2D eigenvalue weighted by Gasteiger charge is 2.35. The maximum absolute atomic E-state index is 13.8.